The number of fused-ring (bicyclic) bond motifs is 1. The quantitative estimate of drug-likeness (QED) is 0.251. The molecule has 4 aromatic rings. The van der Waals surface area contributed by atoms with Gasteiger partial charge in [-0.05, 0) is 87.9 Å². The van der Waals surface area contributed by atoms with Crippen molar-refractivity contribution in [2.24, 2.45) is 5.41 Å². The van der Waals surface area contributed by atoms with E-state index in [0.29, 0.717) is 0 Å². The number of allylic oxidation sites excluding steroid dienone is 2. The topological polar surface area (TPSA) is 0 Å². The molecule has 0 atom stereocenters. The summed E-state index contributed by atoms with van der Waals surface area (Å²) in [5.74, 6) is 0. The van der Waals surface area contributed by atoms with Crippen LogP contribution in [0.4, 0.5) is 0 Å². The molecule has 202 valence electrons. The fraction of sp³-hybridized carbons (Fsp3) is 0.297. The van der Waals surface area contributed by atoms with Gasteiger partial charge in [-0.2, -0.15) is 0 Å². The van der Waals surface area contributed by atoms with Gasteiger partial charge < -0.3 is 17.0 Å². The first-order valence-corrected chi connectivity index (χ1v) is 15.9. The van der Waals surface area contributed by atoms with Crippen LogP contribution in [-0.2, 0) is 10.8 Å². The minimum Gasteiger partial charge on any atom is -1.00 e. The standard InChI is InChI=1S/C37H42P.BrH/c1-28(29-23-24-33-34(27-29)36(4,5)37(6,7)35(33,2)3)25-26-38(30-17-11-8-12-18-30,31-19-13-9-14-20-31)32-21-15-10-16-22-32;/h8-25,27H,26H2,1-7H3;1H/q+1;/p-1/b28-25+;. The fourth-order valence-corrected chi connectivity index (χ4v) is 10.6. The molecular formula is C37H42BrP. The molecule has 0 fully saturated rings. The van der Waals surface area contributed by atoms with Crippen LogP contribution in [0.15, 0.2) is 115 Å². The maximum Gasteiger partial charge on any atom is 0.115 e. The van der Waals surface area contributed by atoms with Crippen LogP contribution in [0.5, 0.6) is 0 Å². The second-order valence-corrected chi connectivity index (χ2v) is 16.1. The third kappa shape index (κ3) is 4.67. The van der Waals surface area contributed by atoms with Crippen molar-refractivity contribution in [2.45, 2.75) is 59.3 Å². The van der Waals surface area contributed by atoms with Crippen LogP contribution in [0.25, 0.3) is 5.57 Å². The summed E-state index contributed by atoms with van der Waals surface area (Å²) >= 11 is 0. The second kappa shape index (κ2) is 10.8. The highest BCUT2D eigenvalue weighted by atomic mass is 79.9. The zero-order valence-electron chi connectivity index (χ0n) is 24.5. The van der Waals surface area contributed by atoms with Gasteiger partial charge in [-0.25, -0.2) is 0 Å². The Morgan fingerprint density at radius 2 is 1.00 bits per heavy atom. The predicted octanol–water partition coefficient (Wildman–Crippen LogP) is 5.68. The number of rotatable bonds is 6. The van der Waals surface area contributed by atoms with E-state index in [4.69, 9.17) is 0 Å². The maximum absolute atomic E-state index is 2.51. The van der Waals surface area contributed by atoms with Gasteiger partial charge in [-0.15, -0.1) is 0 Å². The normalized spacial score (nSPS) is 17.3. The third-order valence-electron chi connectivity index (χ3n) is 10.2. The van der Waals surface area contributed by atoms with Gasteiger partial charge in [0.2, 0.25) is 0 Å². The van der Waals surface area contributed by atoms with Crippen LogP contribution in [0.1, 0.15) is 65.2 Å². The Labute approximate surface area is 247 Å². The summed E-state index contributed by atoms with van der Waals surface area (Å²) in [6.45, 7) is 16.9. The van der Waals surface area contributed by atoms with Crippen molar-refractivity contribution in [2.75, 3.05) is 6.16 Å². The molecule has 0 aliphatic heterocycles. The van der Waals surface area contributed by atoms with E-state index in [1.54, 1.807) is 0 Å². The molecular weight excluding hydrogens is 555 g/mol. The Hall–Kier alpha value is -2.47. The molecule has 0 spiro atoms. The average Bonchev–Trinajstić information content (AvgIpc) is 3.04. The Kier molecular flexibility index (Phi) is 8.20. The lowest BCUT2D eigenvalue weighted by Crippen LogP contribution is -3.00. The van der Waals surface area contributed by atoms with Gasteiger partial charge in [-0.3, -0.25) is 0 Å². The van der Waals surface area contributed by atoms with Crippen LogP contribution >= 0.6 is 7.26 Å². The predicted molar refractivity (Wildman–Crippen MR) is 170 cm³/mol. The zero-order valence-corrected chi connectivity index (χ0v) is 27.0. The summed E-state index contributed by atoms with van der Waals surface area (Å²) in [6, 6.07) is 40.8. The van der Waals surface area contributed by atoms with Gasteiger partial charge >= 0.3 is 0 Å². The summed E-state index contributed by atoms with van der Waals surface area (Å²) in [7, 11) is -1.89. The van der Waals surface area contributed by atoms with E-state index in [2.05, 4.69) is 164 Å². The molecule has 1 aliphatic rings. The highest BCUT2D eigenvalue weighted by molar-refractivity contribution is 7.95. The third-order valence-corrected chi connectivity index (χ3v) is 14.5. The van der Waals surface area contributed by atoms with Gasteiger partial charge in [0.1, 0.15) is 23.2 Å². The monoisotopic (exact) mass is 596 g/mol. The Bertz CT molecular complexity index is 1350. The number of hydrogen-bond acceptors (Lipinski definition) is 0. The van der Waals surface area contributed by atoms with Crippen molar-refractivity contribution in [1.82, 2.24) is 0 Å². The van der Waals surface area contributed by atoms with Crippen molar-refractivity contribution < 1.29 is 17.0 Å². The van der Waals surface area contributed by atoms with Crippen LogP contribution in [0.3, 0.4) is 0 Å². The molecule has 0 saturated carbocycles. The summed E-state index contributed by atoms with van der Waals surface area (Å²) in [6.07, 6.45) is 3.51. The van der Waals surface area contributed by atoms with Crippen molar-refractivity contribution >= 4 is 28.7 Å². The van der Waals surface area contributed by atoms with Gasteiger partial charge in [0, 0.05) is 0 Å². The molecule has 39 heavy (non-hydrogen) atoms. The highest BCUT2D eigenvalue weighted by Gasteiger charge is 2.56. The molecule has 0 N–H and O–H groups in total. The molecule has 0 radical (unpaired) electrons. The SMILES string of the molecule is C/C(=C\C[P+](c1ccccc1)(c1ccccc1)c1ccccc1)c1ccc2c(c1)C(C)(C)C(C)(C)C2(C)C.[Br-]. The van der Waals surface area contributed by atoms with Gasteiger partial charge in [0.05, 0.1) is 6.16 Å². The summed E-state index contributed by atoms with van der Waals surface area (Å²) in [4.78, 5) is 0. The first kappa shape index (κ1) is 29.5. The first-order chi connectivity index (χ1) is 18.0. The molecule has 2 heteroatoms. The lowest BCUT2D eigenvalue weighted by atomic mass is 9.59. The van der Waals surface area contributed by atoms with E-state index in [1.807, 2.05) is 0 Å². The summed E-state index contributed by atoms with van der Waals surface area (Å²) in [5, 5.41) is 4.29. The van der Waals surface area contributed by atoms with E-state index in [1.165, 1.54) is 38.2 Å². The average molecular weight is 598 g/mol. The van der Waals surface area contributed by atoms with E-state index in [0.717, 1.165) is 6.16 Å². The largest absolute Gasteiger partial charge is 1.00 e. The Morgan fingerprint density at radius 3 is 1.44 bits per heavy atom. The fourth-order valence-electron chi connectivity index (χ4n) is 6.51. The smallest absolute Gasteiger partial charge is 0.115 e. The Balaban J connectivity index is 0.00000353. The lowest BCUT2D eigenvalue weighted by molar-refractivity contribution is -0.00000809. The Morgan fingerprint density at radius 1 is 0.590 bits per heavy atom. The molecule has 4 aromatic carbocycles. The van der Waals surface area contributed by atoms with E-state index < -0.39 is 7.26 Å². The van der Waals surface area contributed by atoms with Crippen molar-refractivity contribution in [3.05, 3.63) is 132 Å². The van der Waals surface area contributed by atoms with Gasteiger partial charge in [0.15, 0.2) is 0 Å². The zero-order chi connectivity index (χ0) is 27.2. The molecule has 0 unspecified atom stereocenters. The summed E-state index contributed by atoms with van der Waals surface area (Å²) < 4.78 is 0. The molecule has 0 amide bonds. The lowest BCUT2D eigenvalue weighted by Gasteiger charge is -2.44. The van der Waals surface area contributed by atoms with Crippen molar-refractivity contribution in [1.29, 1.82) is 0 Å². The maximum atomic E-state index is 2.51. The van der Waals surface area contributed by atoms with Crippen molar-refractivity contribution in [3.8, 4) is 0 Å². The van der Waals surface area contributed by atoms with E-state index in [-0.39, 0.29) is 33.2 Å². The molecule has 0 aromatic heterocycles. The van der Waals surface area contributed by atoms with Crippen LogP contribution in [0.2, 0.25) is 0 Å². The molecule has 0 saturated heterocycles. The van der Waals surface area contributed by atoms with E-state index >= 15 is 0 Å². The number of benzene rings is 4. The second-order valence-electron chi connectivity index (χ2n) is 12.5. The van der Waals surface area contributed by atoms with Crippen molar-refractivity contribution in [3.63, 3.8) is 0 Å². The summed E-state index contributed by atoms with van der Waals surface area (Å²) in [5.41, 5.74) is 6.13. The first-order valence-electron chi connectivity index (χ1n) is 13.9. The number of halogens is 1. The molecule has 0 bridgehead atoms. The highest BCUT2D eigenvalue weighted by Crippen LogP contribution is 2.61. The van der Waals surface area contributed by atoms with Crippen LogP contribution in [0, 0.1) is 5.41 Å². The van der Waals surface area contributed by atoms with Gasteiger partial charge in [0.25, 0.3) is 0 Å². The van der Waals surface area contributed by atoms with Crippen LogP contribution < -0.4 is 32.9 Å². The molecule has 1 aliphatic carbocycles. The molecule has 0 heterocycles. The minimum absolute atomic E-state index is 0. The number of hydrogen-bond donors (Lipinski definition) is 0. The molecule has 0 nitrogen and oxygen atoms in total. The van der Waals surface area contributed by atoms with Crippen LogP contribution in [-0.4, -0.2) is 6.16 Å². The minimum atomic E-state index is -1.89. The van der Waals surface area contributed by atoms with Gasteiger partial charge in [-0.1, -0.05) is 114 Å². The molecule has 5 rings (SSSR count). The van der Waals surface area contributed by atoms with E-state index in [9.17, 15) is 0 Å².